The molecule has 0 saturated heterocycles. The fourth-order valence-corrected chi connectivity index (χ4v) is 2.91. The second kappa shape index (κ2) is 9.56. The standard InChI is InChI=1S/C19H23N3O4/c20-14-19(9-4-5-10-19)22-17(24)13-26-18(25)8-11-21-16(23)12-15-6-2-1-3-7-15/h1-3,6-7H,4-5,8-13H2,(H,21,23)(H,22,24). The first kappa shape index (κ1) is 19.4. The highest BCUT2D eigenvalue weighted by atomic mass is 16.5. The lowest BCUT2D eigenvalue weighted by Crippen LogP contribution is -2.46. The SMILES string of the molecule is N#CC1(NC(=O)COC(=O)CCNC(=O)Cc2ccccc2)CCCC1. The number of hydrogen-bond acceptors (Lipinski definition) is 5. The first-order valence-electron chi connectivity index (χ1n) is 8.71. The highest BCUT2D eigenvalue weighted by Gasteiger charge is 2.35. The van der Waals surface area contributed by atoms with Gasteiger partial charge in [0.2, 0.25) is 5.91 Å². The lowest BCUT2D eigenvalue weighted by molar-refractivity contribution is -0.148. The summed E-state index contributed by atoms with van der Waals surface area (Å²) in [6.07, 6.45) is 3.27. The molecule has 0 aliphatic heterocycles. The van der Waals surface area contributed by atoms with E-state index in [9.17, 15) is 19.6 Å². The van der Waals surface area contributed by atoms with Crippen LogP contribution in [0.4, 0.5) is 0 Å². The minimum atomic E-state index is -0.825. The molecule has 0 aromatic heterocycles. The smallest absolute Gasteiger partial charge is 0.308 e. The third-order valence-corrected chi connectivity index (χ3v) is 4.27. The summed E-state index contributed by atoms with van der Waals surface area (Å²) < 4.78 is 4.89. The summed E-state index contributed by atoms with van der Waals surface area (Å²) in [4.78, 5) is 35.3. The van der Waals surface area contributed by atoms with Crippen LogP contribution in [0.3, 0.4) is 0 Å². The molecule has 2 amide bonds. The van der Waals surface area contributed by atoms with Crippen molar-refractivity contribution in [2.75, 3.05) is 13.2 Å². The molecule has 26 heavy (non-hydrogen) atoms. The van der Waals surface area contributed by atoms with Gasteiger partial charge in [-0.2, -0.15) is 5.26 Å². The van der Waals surface area contributed by atoms with Crippen LogP contribution in [0, 0.1) is 11.3 Å². The first-order valence-corrected chi connectivity index (χ1v) is 8.71. The maximum absolute atomic E-state index is 11.8. The normalized spacial score (nSPS) is 14.9. The number of amides is 2. The summed E-state index contributed by atoms with van der Waals surface area (Å²) in [5.41, 5.74) is 0.0668. The molecule has 0 spiro atoms. The lowest BCUT2D eigenvalue weighted by Gasteiger charge is -2.21. The Morgan fingerprint density at radius 1 is 1.12 bits per heavy atom. The van der Waals surface area contributed by atoms with Crippen molar-refractivity contribution in [1.29, 1.82) is 5.26 Å². The van der Waals surface area contributed by atoms with E-state index in [0.717, 1.165) is 18.4 Å². The van der Waals surface area contributed by atoms with Crippen LogP contribution in [0.2, 0.25) is 0 Å². The Bertz CT molecular complexity index is 676. The number of carbonyl (C=O) groups excluding carboxylic acids is 3. The van der Waals surface area contributed by atoms with E-state index in [2.05, 4.69) is 16.7 Å². The van der Waals surface area contributed by atoms with Crippen molar-refractivity contribution in [2.24, 2.45) is 0 Å². The Hall–Kier alpha value is -2.88. The molecule has 1 aromatic rings. The van der Waals surface area contributed by atoms with Crippen molar-refractivity contribution < 1.29 is 19.1 Å². The highest BCUT2D eigenvalue weighted by molar-refractivity contribution is 5.82. The van der Waals surface area contributed by atoms with E-state index in [1.807, 2.05) is 30.3 Å². The zero-order chi connectivity index (χ0) is 18.8. The Balaban J connectivity index is 1.60. The quantitative estimate of drug-likeness (QED) is 0.680. The van der Waals surface area contributed by atoms with Gasteiger partial charge in [0.25, 0.3) is 5.91 Å². The van der Waals surface area contributed by atoms with Gasteiger partial charge in [-0.25, -0.2) is 0 Å². The molecular weight excluding hydrogens is 334 g/mol. The van der Waals surface area contributed by atoms with Crippen molar-refractivity contribution in [3.63, 3.8) is 0 Å². The van der Waals surface area contributed by atoms with Gasteiger partial charge in [-0.15, -0.1) is 0 Å². The maximum atomic E-state index is 11.8. The van der Waals surface area contributed by atoms with Gasteiger partial charge in [0.05, 0.1) is 18.9 Å². The van der Waals surface area contributed by atoms with Crippen molar-refractivity contribution >= 4 is 17.8 Å². The van der Waals surface area contributed by atoms with Gasteiger partial charge >= 0.3 is 5.97 Å². The maximum Gasteiger partial charge on any atom is 0.308 e. The summed E-state index contributed by atoms with van der Waals surface area (Å²) >= 11 is 0. The number of benzene rings is 1. The van der Waals surface area contributed by atoms with Crippen molar-refractivity contribution in [2.45, 2.75) is 44.1 Å². The van der Waals surface area contributed by atoms with Crippen LogP contribution in [0.15, 0.2) is 30.3 Å². The van der Waals surface area contributed by atoms with Gasteiger partial charge < -0.3 is 15.4 Å². The number of ether oxygens (including phenoxy) is 1. The molecular formula is C19H23N3O4. The number of carbonyl (C=O) groups is 3. The predicted molar refractivity (Wildman–Crippen MR) is 93.7 cm³/mol. The average Bonchev–Trinajstić information content (AvgIpc) is 3.10. The van der Waals surface area contributed by atoms with Gasteiger partial charge in [-0.1, -0.05) is 30.3 Å². The fourth-order valence-electron chi connectivity index (χ4n) is 2.91. The van der Waals surface area contributed by atoms with E-state index in [1.165, 1.54) is 0 Å². The van der Waals surface area contributed by atoms with Crippen LogP contribution < -0.4 is 10.6 Å². The Morgan fingerprint density at radius 3 is 2.46 bits per heavy atom. The molecule has 1 fully saturated rings. The van der Waals surface area contributed by atoms with Gasteiger partial charge in [-0.05, 0) is 31.2 Å². The van der Waals surface area contributed by atoms with Crippen molar-refractivity contribution in [3.05, 3.63) is 35.9 Å². The summed E-state index contributed by atoms with van der Waals surface area (Å²) in [5, 5.41) is 14.5. The lowest BCUT2D eigenvalue weighted by atomic mass is 10.00. The molecule has 1 saturated carbocycles. The number of esters is 1. The molecule has 0 heterocycles. The van der Waals surface area contributed by atoms with Gasteiger partial charge in [0, 0.05) is 6.54 Å². The second-order valence-electron chi connectivity index (χ2n) is 6.37. The third kappa shape index (κ3) is 6.20. The summed E-state index contributed by atoms with van der Waals surface area (Å²) in [7, 11) is 0. The van der Waals surface area contributed by atoms with Crippen LogP contribution >= 0.6 is 0 Å². The second-order valence-corrected chi connectivity index (χ2v) is 6.37. The van der Waals surface area contributed by atoms with E-state index < -0.39 is 24.0 Å². The number of nitriles is 1. The Kier molecular flexibility index (Phi) is 7.15. The molecule has 0 atom stereocenters. The zero-order valence-electron chi connectivity index (χ0n) is 14.6. The van der Waals surface area contributed by atoms with Crippen molar-refractivity contribution in [1.82, 2.24) is 10.6 Å². The van der Waals surface area contributed by atoms with Gasteiger partial charge in [-0.3, -0.25) is 14.4 Å². The van der Waals surface area contributed by atoms with Gasteiger partial charge in [0.1, 0.15) is 5.54 Å². The summed E-state index contributed by atoms with van der Waals surface area (Å²) in [6.45, 7) is -0.269. The molecule has 138 valence electrons. The third-order valence-electron chi connectivity index (χ3n) is 4.27. The number of nitrogens with one attached hydrogen (secondary N) is 2. The fraction of sp³-hybridized carbons (Fsp3) is 0.474. The Labute approximate surface area is 152 Å². The molecule has 1 aromatic carbocycles. The first-order chi connectivity index (χ1) is 12.5. The zero-order valence-corrected chi connectivity index (χ0v) is 14.6. The van der Waals surface area contributed by atoms with Crippen LogP contribution in [-0.2, 0) is 25.5 Å². The molecule has 0 unspecified atom stereocenters. The van der Waals surface area contributed by atoms with Gasteiger partial charge in [0.15, 0.2) is 6.61 Å². The molecule has 0 bridgehead atoms. The van der Waals surface area contributed by atoms with E-state index in [1.54, 1.807) is 0 Å². The van der Waals surface area contributed by atoms with E-state index >= 15 is 0 Å². The number of nitrogens with zero attached hydrogens (tertiary/aromatic N) is 1. The van der Waals surface area contributed by atoms with E-state index in [4.69, 9.17) is 4.74 Å². The van der Waals surface area contributed by atoms with Crippen LogP contribution in [0.1, 0.15) is 37.7 Å². The predicted octanol–water partition coefficient (Wildman–Crippen LogP) is 1.23. The minimum Gasteiger partial charge on any atom is -0.456 e. The average molecular weight is 357 g/mol. The molecule has 2 N–H and O–H groups in total. The highest BCUT2D eigenvalue weighted by Crippen LogP contribution is 2.28. The minimum absolute atomic E-state index is 0.0167. The van der Waals surface area contributed by atoms with E-state index in [0.29, 0.717) is 12.8 Å². The van der Waals surface area contributed by atoms with Crippen molar-refractivity contribution in [3.8, 4) is 6.07 Å². The number of rotatable bonds is 8. The number of hydrogen-bond donors (Lipinski definition) is 2. The molecule has 2 rings (SSSR count). The topological polar surface area (TPSA) is 108 Å². The van der Waals surface area contributed by atoms with Crippen LogP contribution in [-0.4, -0.2) is 36.5 Å². The monoisotopic (exact) mass is 357 g/mol. The molecule has 1 aliphatic rings. The van der Waals surface area contributed by atoms with Crippen LogP contribution in [0.5, 0.6) is 0 Å². The Morgan fingerprint density at radius 2 is 1.81 bits per heavy atom. The molecule has 0 radical (unpaired) electrons. The summed E-state index contributed by atoms with van der Waals surface area (Å²) in [6, 6.07) is 11.4. The van der Waals surface area contributed by atoms with Crippen LogP contribution in [0.25, 0.3) is 0 Å². The molecule has 7 nitrogen and oxygen atoms in total. The summed E-state index contributed by atoms with van der Waals surface area (Å²) in [5.74, 6) is -1.23. The van der Waals surface area contributed by atoms with E-state index in [-0.39, 0.29) is 25.3 Å². The molecule has 1 aliphatic carbocycles. The molecule has 7 heteroatoms. The largest absolute Gasteiger partial charge is 0.456 e.